The summed E-state index contributed by atoms with van der Waals surface area (Å²) in [5.41, 5.74) is 3.28. The molecule has 4 rings (SSSR count). The molecule has 1 aliphatic heterocycles. The van der Waals surface area contributed by atoms with Crippen molar-refractivity contribution < 1.29 is 19.1 Å². The average molecular weight is 437 g/mol. The zero-order chi connectivity index (χ0) is 22.7. The van der Waals surface area contributed by atoms with Crippen LogP contribution in [0.15, 0.2) is 42.6 Å². The molecule has 1 atom stereocenters. The molecule has 8 heteroatoms. The number of aryl methyl sites for hydroxylation is 1. The lowest BCUT2D eigenvalue weighted by Crippen LogP contribution is -2.48. The number of methoxy groups -OCH3 is 1. The van der Waals surface area contributed by atoms with Crippen LogP contribution in [0.5, 0.6) is 5.75 Å². The van der Waals surface area contributed by atoms with Crippen LogP contribution in [0.2, 0.25) is 0 Å². The van der Waals surface area contributed by atoms with E-state index in [1.165, 1.54) is 7.11 Å². The molecule has 3 aromatic rings. The molecule has 1 fully saturated rings. The summed E-state index contributed by atoms with van der Waals surface area (Å²) in [6, 6.07) is 11.1. The third-order valence-corrected chi connectivity index (χ3v) is 5.69. The topological polar surface area (TPSA) is 85.2 Å². The van der Waals surface area contributed by atoms with Gasteiger partial charge in [0.25, 0.3) is 5.91 Å². The monoisotopic (exact) mass is 436 g/mol. The van der Waals surface area contributed by atoms with Gasteiger partial charge in [0, 0.05) is 31.0 Å². The molecule has 0 bridgehead atoms. The molecule has 0 aliphatic carbocycles. The number of ether oxygens (including phenoxy) is 2. The van der Waals surface area contributed by atoms with Crippen molar-refractivity contribution >= 4 is 23.2 Å². The molecule has 0 radical (unpaired) electrons. The number of anilines is 1. The number of imidazole rings is 1. The van der Waals surface area contributed by atoms with E-state index in [0.29, 0.717) is 41.5 Å². The van der Waals surface area contributed by atoms with Crippen molar-refractivity contribution in [1.29, 1.82) is 0 Å². The Hall–Kier alpha value is -3.55. The van der Waals surface area contributed by atoms with Gasteiger partial charge in [-0.1, -0.05) is 6.07 Å². The first-order valence-electron chi connectivity index (χ1n) is 10.9. The minimum Gasteiger partial charge on any atom is -0.490 e. The Kier molecular flexibility index (Phi) is 6.30. The van der Waals surface area contributed by atoms with Crippen molar-refractivity contribution in [2.75, 3.05) is 31.7 Å². The predicted octanol–water partition coefficient (Wildman–Crippen LogP) is 3.23. The van der Waals surface area contributed by atoms with Crippen LogP contribution in [0.1, 0.15) is 46.3 Å². The Morgan fingerprint density at radius 2 is 2.09 bits per heavy atom. The van der Waals surface area contributed by atoms with Gasteiger partial charge in [-0.15, -0.1) is 0 Å². The largest absolute Gasteiger partial charge is 0.490 e. The molecule has 32 heavy (non-hydrogen) atoms. The number of hydrogen-bond donors (Lipinski definition) is 1. The van der Waals surface area contributed by atoms with Crippen molar-refractivity contribution in [3.05, 3.63) is 59.5 Å². The quantitative estimate of drug-likeness (QED) is 0.597. The number of esters is 1. The van der Waals surface area contributed by atoms with Crippen LogP contribution in [0.4, 0.5) is 5.69 Å². The summed E-state index contributed by atoms with van der Waals surface area (Å²) in [7, 11) is 1.38. The minimum absolute atomic E-state index is 0.0157. The molecule has 1 N–H and O–H groups in total. The number of pyridine rings is 1. The summed E-state index contributed by atoms with van der Waals surface area (Å²) in [6.07, 6.45) is 3.66. The van der Waals surface area contributed by atoms with E-state index in [-0.39, 0.29) is 17.9 Å². The van der Waals surface area contributed by atoms with E-state index in [1.54, 1.807) is 10.5 Å². The van der Waals surface area contributed by atoms with Crippen molar-refractivity contribution in [2.24, 2.45) is 0 Å². The van der Waals surface area contributed by atoms with E-state index in [0.717, 1.165) is 25.1 Å². The van der Waals surface area contributed by atoms with Gasteiger partial charge in [0.05, 0.1) is 25.0 Å². The fourth-order valence-corrected chi connectivity index (χ4v) is 4.23. The first kappa shape index (κ1) is 21.7. The Morgan fingerprint density at radius 3 is 2.88 bits per heavy atom. The van der Waals surface area contributed by atoms with E-state index in [9.17, 15) is 9.59 Å². The van der Waals surface area contributed by atoms with Gasteiger partial charge in [0.2, 0.25) is 0 Å². The number of nitrogens with one attached hydrogen (secondary N) is 1. The number of fused-ring (bicyclic) bond motifs is 1. The van der Waals surface area contributed by atoms with Gasteiger partial charge in [0.1, 0.15) is 5.69 Å². The molecular weight excluding hydrogens is 408 g/mol. The smallest absolute Gasteiger partial charge is 0.337 e. The number of nitrogens with zero attached hydrogens (tertiary/aromatic N) is 3. The second-order valence-electron chi connectivity index (χ2n) is 7.85. The second-order valence-corrected chi connectivity index (χ2v) is 7.85. The van der Waals surface area contributed by atoms with Crippen LogP contribution in [-0.4, -0.2) is 54.1 Å². The van der Waals surface area contributed by atoms with Crippen LogP contribution >= 0.6 is 0 Å². The SMILES string of the molecule is CCOc1cccn2c(C(=O)N[C@H]3CCCN(c4cccc(C(=O)OC)c4)C3)c(C)nc12. The van der Waals surface area contributed by atoms with E-state index >= 15 is 0 Å². The molecule has 1 aromatic carbocycles. The van der Waals surface area contributed by atoms with Crippen LogP contribution in [0.3, 0.4) is 0 Å². The number of piperidine rings is 1. The Balaban J connectivity index is 1.51. The Bertz CT molecular complexity index is 1140. The fraction of sp³-hybridized carbons (Fsp3) is 0.375. The maximum atomic E-state index is 13.2. The number of aromatic nitrogens is 2. The Labute approximate surface area is 187 Å². The molecule has 0 saturated carbocycles. The summed E-state index contributed by atoms with van der Waals surface area (Å²) in [5.74, 6) is 0.147. The molecule has 1 saturated heterocycles. The van der Waals surface area contributed by atoms with Gasteiger partial charge >= 0.3 is 5.97 Å². The molecular formula is C24H28N4O4. The zero-order valence-corrected chi connectivity index (χ0v) is 18.6. The zero-order valence-electron chi connectivity index (χ0n) is 18.6. The van der Waals surface area contributed by atoms with Gasteiger partial charge in [-0.2, -0.15) is 0 Å². The van der Waals surface area contributed by atoms with Gasteiger partial charge in [-0.3, -0.25) is 9.20 Å². The highest BCUT2D eigenvalue weighted by molar-refractivity contribution is 5.95. The van der Waals surface area contributed by atoms with Crippen molar-refractivity contribution in [2.45, 2.75) is 32.7 Å². The summed E-state index contributed by atoms with van der Waals surface area (Å²) in [4.78, 5) is 31.8. The number of hydrogen-bond acceptors (Lipinski definition) is 6. The third kappa shape index (κ3) is 4.26. The number of carbonyl (C=O) groups excluding carboxylic acids is 2. The van der Waals surface area contributed by atoms with E-state index < -0.39 is 0 Å². The van der Waals surface area contributed by atoms with E-state index in [4.69, 9.17) is 9.47 Å². The molecule has 1 amide bonds. The van der Waals surface area contributed by atoms with Crippen LogP contribution in [-0.2, 0) is 4.74 Å². The lowest BCUT2D eigenvalue weighted by molar-refractivity contribution is 0.0600. The van der Waals surface area contributed by atoms with Gasteiger partial charge in [0.15, 0.2) is 11.4 Å². The molecule has 1 aliphatic rings. The molecule has 3 heterocycles. The molecule has 0 spiro atoms. The maximum absolute atomic E-state index is 13.2. The summed E-state index contributed by atoms with van der Waals surface area (Å²) < 4.78 is 12.3. The fourth-order valence-electron chi connectivity index (χ4n) is 4.23. The van der Waals surface area contributed by atoms with Gasteiger partial charge < -0.3 is 19.7 Å². The number of rotatable bonds is 6. The average Bonchev–Trinajstić information content (AvgIpc) is 3.16. The number of benzene rings is 1. The summed E-state index contributed by atoms with van der Waals surface area (Å²) in [6.45, 7) is 5.81. The van der Waals surface area contributed by atoms with Crippen molar-refractivity contribution in [1.82, 2.24) is 14.7 Å². The molecule has 8 nitrogen and oxygen atoms in total. The predicted molar refractivity (Wildman–Crippen MR) is 122 cm³/mol. The second kappa shape index (κ2) is 9.30. The van der Waals surface area contributed by atoms with Crippen LogP contribution < -0.4 is 15.0 Å². The highest BCUT2D eigenvalue weighted by atomic mass is 16.5. The van der Waals surface area contributed by atoms with E-state index in [2.05, 4.69) is 15.2 Å². The number of amides is 1. The molecule has 2 aromatic heterocycles. The Morgan fingerprint density at radius 1 is 1.25 bits per heavy atom. The first-order chi connectivity index (χ1) is 15.5. The summed E-state index contributed by atoms with van der Waals surface area (Å²) >= 11 is 0. The third-order valence-electron chi connectivity index (χ3n) is 5.69. The normalized spacial score (nSPS) is 16.1. The van der Waals surface area contributed by atoms with E-state index in [1.807, 2.05) is 50.4 Å². The first-order valence-corrected chi connectivity index (χ1v) is 10.9. The standard InChI is InChI=1S/C24H28N4O4/c1-4-32-20-11-7-13-28-21(16(2)25-22(20)28)23(29)26-18-9-6-12-27(15-18)19-10-5-8-17(14-19)24(30)31-3/h5,7-8,10-11,13-14,18H,4,6,9,12,15H2,1-3H3,(H,26,29)/t18-/m0/s1. The highest BCUT2D eigenvalue weighted by Gasteiger charge is 2.25. The lowest BCUT2D eigenvalue weighted by Gasteiger charge is -2.35. The van der Waals surface area contributed by atoms with Crippen LogP contribution in [0, 0.1) is 6.92 Å². The van der Waals surface area contributed by atoms with Crippen LogP contribution in [0.25, 0.3) is 5.65 Å². The molecule has 0 unspecified atom stereocenters. The van der Waals surface area contributed by atoms with Gasteiger partial charge in [-0.05, 0) is 57.0 Å². The van der Waals surface area contributed by atoms with Crippen molar-refractivity contribution in [3.63, 3.8) is 0 Å². The van der Waals surface area contributed by atoms with Crippen molar-refractivity contribution in [3.8, 4) is 5.75 Å². The molecule has 168 valence electrons. The van der Waals surface area contributed by atoms with Gasteiger partial charge in [-0.25, -0.2) is 9.78 Å². The highest BCUT2D eigenvalue weighted by Crippen LogP contribution is 2.24. The maximum Gasteiger partial charge on any atom is 0.337 e. The minimum atomic E-state index is -0.358. The summed E-state index contributed by atoms with van der Waals surface area (Å²) in [5, 5.41) is 3.18. The number of carbonyl (C=O) groups is 2. The lowest BCUT2D eigenvalue weighted by atomic mass is 10.0.